The molecule has 0 bridgehead atoms. The number of nitrogens with zero attached hydrogens (tertiary/aromatic N) is 1. The van der Waals surface area contributed by atoms with Crippen LogP contribution in [0.4, 0.5) is 13.2 Å². The molecule has 0 aromatic heterocycles. The molecule has 0 aliphatic rings. The Kier molecular flexibility index (Phi) is 6.94. The molecule has 0 spiro atoms. The van der Waals surface area contributed by atoms with Gasteiger partial charge < -0.3 is 15.2 Å². The first-order valence-electron chi connectivity index (χ1n) is 7.23. The van der Waals surface area contributed by atoms with E-state index in [0.29, 0.717) is 0 Å². The summed E-state index contributed by atoms with van der Waals surface area (Å²) in [6, 6.07) is 4.16. The number of carbonyl (C=O) groups is 2. The van der Waals surface area contributed by atoms with Crippen LogP contribution in [-0.4, -0.2) is 30.1 Å². The summed E-state index contributed by atoms with van der Waals surface area (Å²) in [6.45, 7) is 1.54. The highest BCUT2D eigenvalue weighted by molar-refractivity contribution is 5.87. The normalized spacial score (nSPS) is 14.8. The first-order valence-corrected chi connectivity index (χ1v) is 7.23. The van der Waals surface area contributed by atoms with Crippen molar-refractivity contribution < 1.29 is 32.6 Å². The van der Waals surface area contributed by atoms with Crippen LogP contribution in [0.1, 0.15) is 30.6 Å². The number of alkyl halides is 3. The van der Waals surface area contributed by atoms with E-state index >= 15 is 0 Å². The predicted octanol–water partition coefficient (Wildman–Crippen LogP) is 1.95. The summed E-state index contributed by atoms with van der Waals surface area (Å²) >= 11 is 0. The maximum Gasteiger partial charge on any atom is 0.416 e. The molecule has 1 aromatic carbocycles. The number of nitrogens with one attached hydrogen (secondary N) is 1. The van der Waals surface area contributed by atoms with E-state index < -0.39 is 41.7 Å². The largest absolute Gasteiger partial charge is 0.467 e. The summed E-state index contributed by atoms with van der Waals surface area (Å²) in [5.74, 6) is -2.34. The van der Waals surface area contributed by atoms with Crippen LogP contribution in [0.2, 0.25) is 0 Å². The Hall–Kier alpha value is -2.60. The van der Waals surface area contributed by atoms with Crippen LogP contribution in [-0.2, 0) is 20.5 Å². The van der Waals surface area contributed by atoms with Gasteiger partial charge in [0.2, 0.25) is 0 Å². The number of ether oxygens (including phenoxy) is 1. The van der Waals surface area contributed by atoms with E-state index in [9.17, 15) is 27.9 Å². The first-order chi connectivity index (χ1) is 11.6. The maximum atomic E-state index is 12.5. The molecule has 3 atom stereocenters. The van der Waals surface area contributed by atoms with Gasteiger partial charge in [-0.15, -0.1) is 0 Å². The number of benzene rings is 1. The Morgan fingerprint density at radius 3 is 2.32 bits per heavy atom. The third-order valence-corrected chi connectivity index (χ3v) is 3.41. The summed E-state index contributed by atoms with van der Waals surface area (Å²) in [5, 5.41) is 21.0. The molecule has 1 aromatic rings. The highest BCUT2D eigenvalue weighted by Crippen LogP contribution is 2.30. The van der Waals surface area contributed by atoms with Gasteiger partial charge in [0.05, 0.1) is 18.7 Å². The second kappa shape index (κ2) is 8.48. The molecule has 25 heavy (non-hydrogen) atoms. The number of aliphatic hydroxyl groups is 1. The van der Waals surface area contributed by atoms with Gasteiger partial charge in [0.15, 0.2) is 6.10 Å². The van der Waals surface area contributed by atoms with Gasteiger partial charge in [0.1, 0.15) is 6.04 Å². The Morgan fingerprint density at radius 1 is 1.32 bits per heavy atom. The van der Waals surface area contributed by atoms with Gasteiger partial charge in [-0.05, 0) is 31.0 Å². The first kappa shape index (κ1) is 20.4. The second-order valence-electron chi connectivity index (χ2n) is 5.37. The van der Waals surface area contributed by atoms with Crippen LogP contribution in [0.25, 0.3) is 0 Å². The fourth-order valence-electron chi connectivity index (χ4n) is 2.02. The van der Waals surface area contributed by atoms with Crippen molar-refractivity contribution in [2.24, 2.45) is 5.92 Å². The number of methoxy groups -OCH3 is 1. The lowest BCUT2D eigenvalue weighted by atomic mass is 10.0. The highest BCUT2D eigenvalue weighted by atomic mass is 19.4. The lowest BCUT2D eigenvalue weighted by Crippen LogP contribution is -2.44. The number of hydrogen-bond donors (Lipinski definition) is 2. The summed E-state index contributed by atoms with van der Waals surface area (Å²) < 4.78 is 42.1. The Morgan fingerprint density at radius 2 is 1.88 bits per heavy atom. The van der Waals surface area contributed by atoms with Gasteiger partial charge in [-0.1, -0.05) is 12.1 Å². The van der Waals surface area contributed by atoms with Gasteiger partial charge in [-0.25, -0.2) is 4.79 Å². The quantitative estimate of drug-likeness (QED) is 0.757. The minimum absolute atomic E-state index is 0.0331. The number of carbonyl (C=O) groups excluding carboxylic acids is 2. The van der Waals surface area contributed by atoms with Crippen molar-refractivity contribution in [2.75, 3.05) is 7.11 Å². The Bertz CT molecular complexity index is 653. The number of rotatable bonds is 6. The molecule has 0 saturated carbocycles. The predicted molar refractivity (Wildman–Crippen MR) is 79.7 cm³/mol. The fourth-order valence-corrected chi connectivity index (χ4v) is 2.02. The summed E-state index contributed by atoms with van der Waals surface area (Å²) in [6.07, 6.45) is -6.34. The second-order valence-corrected chi connectivity index (χ2v) is 5.37. The summed E-state index contributed by atoms with van der Waals surface area (Å²) in [4.78, 5) is 23.7. The monoisotopic (exact) mass is 358 g/mol. The van der Waals surface area contributed by atoms with Crippen molar-refractivity contribution in [2.45, 2.75) is 31.7 Å². The van der Waals surface area contributed by atoms with E-state index in [1.807, 2.05) is 6.07 Å². The molecule has 136 valence electrons. The van der Waals surface area contributed by atoms with Gasteiger partial charge in [0.25, 0.3) is 5.91 Å². The van der Waals surface area contributed by atoms with Crippen LogP contribution in [0.5, 0.6) is 0 Å². The molecule has 1 amide bonds. The van der Waals surface area contributed by atoms with Crippen molar-refractivity contribution in [3.63, 3.8) is 0 Å². The van der Waals surface area contributed by atoms with E-state index in [-0.39, 0.29) is 12.0 Å². The summed E-state index contributed by atoms with van der Waals surface area (Å²) in [5.41, 5.74) is -0.985. The Labute approximate surface area is 142 Å². The standard InChI is InChI=1S/C16H17F3N2O4/c1-9(8-20)7-12(15(24)25-2)21-14(23)13(22)10-3-5-11(6-4-10)16(17,18)19/h3-6,9,12-13,22H,7H2,1-2H3,(H,21,23)/t9-,12+,13+/m0/s1. The molecule has 6 nitrogen and oxygen atoms in total. The maximum absolute atomic E-state index is 12.5. The zero-order chi connectivity index (χ0) is 19.2. The van der Waals surface area contributed by atoms with Crippen LogP contribution < -0.4 is 5.32 Å². The van der Waals surface area contributed by atoms with E-state index in [1.165, 1.54) is 6.92 Å². The number of esters is 1. The molecule has 0 unspecified atom stereocenters. The molecular weight excluding hydrogens is 341 g/mol. The van der Waals surface area contributed by atoms with Crippen molar-refractivity contribution in [3.8, 4) is 6.07 Å². The molecule has 0 heterocycles. The molecule has 1 rings (SSSR count). The van der Waals surface area contributed by atoms with Crippen molar-refractivity contribution in [1.29, 1.82) is 5.26 Å². The zero-order valence-electron chi connectivity index (χ0n) is 13.5. The van der Waals surface area contributed by atoms with Crippen LogP contribution >= 0.6 is 0 Å². The molecule has 0 aliphatic carbocycles. The molecule has 0 fully saturated rings. The minimum Gasteiger partial charge on any atom is -0.467 e. The van der Waals surface area contributed by atoms with E-state index in [4.69, 9.17) is 5.26 Å². The van der Waals surface area contributed by atoms with Crippen molar-refractivity contribution in [1.82, 2.24) is 5.32 Å². The third kappa shape index (κ3) is 5.76. The van der Waals surface area contributed by atoms with Gasteiger partial charge in [-0.2, -0.15) is 18.4 Å². The number of hydrogen-bond acceptors (Lipinski definition) is 5. The third-order valence-electron chi connectivity index (χ3n) is 3.41. The van der Waals surface area contributed by atoms with Gasteiger partial charge >= 0.3 is 12.1 Å². The molecule has 0 aliphatic heterocycles. The van der Waals surface area contributed by atoms with E-state index in [1.54, 1.807) is 0 Å². The van der Waals surface area contributed by atoms with Crippen LogP contribution in [0.15, 0.2) is 24.3 Å². The van der Waals surface area contributed by atoms with Crippen molar-refractivity contribution in [3.05, 3.63) is 35.4 Å². The van der Waals surface area contributed by atoms with E-state index in [0.717, 1.165) is 31.4 Å². The fraction of sp³-hybridized carbons (Fsp3) is 0.438. The van der Waals surface area contributed by atoms with Crippen molar-refractivity contribution >= 4 is 11.9 Å². The van der Waals surface area contributed by atoms with Crippen LogP contribution in [0.3, 0.4) is 0 Å². The average Bonchev–Trinajstić information content (AvgIpc) is 2.58. The number of nitriles is 1. The molecule has 9 heteroatoms. The summed E-state index contributed by atoms with van der Waals surface area (Å²) in [7, 11) is 1.10. The number of halogens is 3. The van der Waals surface area contributed by atoms with Gasteiger partial charge in [-0.3, -0.25) is 4.79 Å². The number of amides is 1. The Balaban J connectivity index is 2.86. The SMILES string of the molecule is COC(=O)[C@@H](C[C@H](C)C#N)NC(=O)[C@H](O)c1ccc(C(F)(F)F)cc1. The molecule has 0 saturated heterocycles. The van der Waals surface area contributed by atoms with E-state index in [2.05, 4.69) is 10.1 Å². The zero-order valence-corrected chi connectivity index (χ0v) is 13.5. The van der Waals surface area contributed by atoms with Gasteiger partial charge in [0, 0.05) is 5.92 Å². The molecular formula is C16H17F3N2O4. The molecule has 0 radical (unpaired) electrons. The highest BCUT2D eigenvalue weighted by Gasteiger charge is 2.31. The lowest BCUT2D eigenvalue weighted by molar-refractivity contribution is -0.146. The van der Waals surface area contributed by atoms with Crippen LogP contribution in [0, 0.1) is 17.2 Å². The number of aliphatic hydroxyl groups excluding tert-OH is 1. The minimum atomic E-state index is -4.53. The molecule has 2 N–H and O–H groups in total. The average molecular weight is 358 g/mol. The lowest BCUT2D eigenvalue weighted by Gasteiger charge is -2.20. The topological polar surface area (TPSA) is 99.4 Å². The smallest absolute Gasteiger partial charge is 0.416 e.